The van der Waals surface area contributed by atoms with Crippen LogP contribution in [0.4, 0.5) is 5.69 Å². The zero-order chi connectivity index (χ0) is 24.7. The Hall–Kier alpha value is -3.39. The second kappa shape index (κ2) is 11.7. The number of rotatable bonds is 10. The zero-order valence-electron chi connectivity index (χ0n) is 20.0. The lowest BCUT2D eigenvalue weighted by atomic mass is 10.0. The summed E-state index contributed by atoms with van der Waals surface area (Å²) in [6.07, 6.45) is 1.75. The van der Waals surface area contributed by atoms with Crippen molar-refractivity contribution < 1.29 is 9.59 Å². The summed E-state index contributed by atoms with van der Waals surface area (Å²) in [5.74, 6) is 0.603. The van der Waals surface area contributed by atoms with Crippen molar-refractivity contribution in [2.45, 2.75) is 45.4 Å². The standard InChI is InChI=1S/C26H31N5O2S/c1-6-14-31-24(23(17(2)3)28-25(33)20-9-7-8-19(5)15-20)29-30-26(31)34-16-22(32)27-21-12-10-18(4)11-13-21/h6-13,15,17,23H,1,14,16H2,2-5H3,(H,27,32)(H,28,33)/t23-/m1/s1. The Kier molecular flexibility index (Phi) is 8.65. The van der Waals surface area contributed by atoms with Gasteiger partial charge in [-0.05, 0) is 44.0 Å². The molecular weight excluding hydrogens is 446 g/mol. The summed E-state index contributed by atoms with van der Waals surface area (Å²) in [5, 5.41) is 15.3. The van der Waals surface area contributed by atoms with Gasteiger partial charge < -0.3 is 15.2 Å². The van der Waals surface area contributed by atoms with E-state index in [1.165, 1.54) is 11.8 Å². The van der Waals surface area contributed by atoms with Gasteiger partial charge in [0.1, 0.15) is 0 Å². The van der Waals surface area contributed by atoms with Crippen LogP contribution in [0.1, 0.15) is 47.2 Å². The smallest absolute Gasteiger partial charge is 0.251 e. The summed E-state index contributed by atoms with van der Waals surface area (Å²) >= 11 is 1.30. The molecule has 3 rings (SSSR count). The molecule has 1 heterocycles. The molecule has 0 saturated carbocycles. The Labute approximate surface area is 205 Å². The van der Waals surface area contributed by atoms with Crippen molar-refractivity contribution >= 4 is 29.3 Å². The van der Waals surface area contributed by atoms with Gasteiger partial charge in [0.05, 0.1) is 11.8 Å². The molecule has 2 N–H and O–H groups in total. The average molecular weight is 478 g/mol. The number of nitrogens with one attached hydrogen (secondary N) is 2. The summed E-state index contributed by atoms with van der Waals surface area (Å²) in [7, 11) is 0. The van der Waals surface area contributed by atoms with Crippen molar-refractivity contribution in [2.75, 3.05) is 11.1 Å². The number of hydrogen-bond acceptors (Lipinski definition) is 5. The van der Waals surface area contributed by atoms with E-state index in [2.05, 4.69) is 27.4 Å². The number of aryl methyl sites for hydroxylation is 2. The van der Waals surface area contributed by atoms with Gasteiger partial charge in [0.25, 0.3) is 5.91 Å². The largest absolute Gasteiger partial charge is 0.342 e. The summed E-state index contributed by atoms with van der Waals surface area (Å²) < 4.78 is 1.90. The molecule has 1 aromatic heterocycles. The first-order chi connectivity index (χ1) is 16.3. The minimum Gasteiger partial charge on any atom is -0.342 e. The van der Waals surface area contributed by atoms with Crippen LogP contribution in [0.5, 0.6) is 0 Å². The third kappa shape index (κ3) is 6.57. The molecule has 0 bridgehead atoms. The van der Waals surface area contributed by atoms with E-state index in [-0.39, 0.29) is 29.5 Å². The van der Waals surface area contributed by atoms with Gasteiger partial charge in [-0.25, -0.2) is 0 Å². The van der Waals surface area contributed by atoms with Crippen molar-refractivity contribution in [1.82, 2.24) is 20.1 Å². The highest BCUT2D eigenvalue weighted by Crippen LogP contribution is 2.26. The Morgan fingerprint density at radius 3 is 2.47 bits per heavy atom. The van der Waals surface area contributed by atoms with Gasteiger partial charge in [-0.3, -0.25) is 9.59 Å². The molecule has 0 unspecified atom stereocenters. The highest BCUT2D eigenvalue weighted by molar-refractivity contribution is 7.99. The summed E-state index contributed by atoms with van der Waals surface area (Å²) in [4.78, 5) is 25.4. The molecule has 3 aromatic rings. The van der Waals surface area contributed by atoms with E-state index in [1.54, 1.807) is 12.1 Å². The molecule has 0 aliphatic carbocycles. The molecule has 0 saturated heterocycles. The predicted octanol–water partition coefficient (Wildman–Crippen LogP) is 4.94. The minimum absolute atomic E-state index is 0.0733. The lowest BCUT2D eigenvalue weighted by molar-refractivity contribution is -0.113. The van der Waals surface area contributed by atoms with Crippen LogP contribution in [-0.2, 0) is 11.3 Å². The Balaban J connectivity index is 1.74. The Morgan fingerprint density at radius 1 is 1.09 bits per heavy atom. The first-order valence-corrected chi connectivity index (χ1v) is 12.2. The summed E-state index contributed by atoms with van der Waals surface area (Å²) in [6, 6.07) is 14.8. The highest BCUT2D eigenvalue weighted by atomic mass is 32.2. The monoisotopic (exact) mass is 477 g/mol. The maximum absolute atomic E-state index is 12.9. The molecule has 0 aliphatic heterocycles. The fourth-order valence-electron chi connectivity index (χ4n) is 3.44. The van der Waals surface area contributed by atoms with Crippen molar-refractivity contribution in [2.24, 2.45) is 5.92 Å². The zero-order valence-corrected chi connectivity index (χ0v) is 20.9. The number of amides is 2. The molecule has 2 amide bonds. The van der Waals surface area contributed by atoms with Gasteiger partial charge in [-0.1, -0.05) is 67.1 Å². The van der Waals surface area contributed by atoms with Gasteiger partial charge in [-0.15, -0.1) is 16.8 Å². The SMILES string of the molecule is C=CCn1c(SCC(=O)Nc2ccc(C)cc2)nnc1[C@H](NC(=O)c1cccc(C)c1)C(C)C. The topological polar surface area (TPSA) is 88.9 Å². The molecule has 7 nitrogen and oxygen atoms in total. The van der Waals surface area contributed by atoms with Crippen LogP contribution in [0.25, 0.3) is 0 Å². The van der Waals surface area contributed by atoms with E-state index in [0.717, 1.165) is 16.8 Å². The van der Waals surface area contributed by atoms with Crippen LogP contribution in [0.2, 0.25) is 0 Å². The number of carbonyl (C=O) groups excluding carboxylic acids is 2. The number of benzene rings is 2. The van der Waals surface area contributed by atoms with Crippen LogP contribution in [0.3, 0.4) is 0 Å². The third-order valence-electron chi connectivity index (χ3n) is 5.24. The lowest BCUT2D eigenvalue weighted by Gasteiger charge is -2.22. The maximum Gasteiger partial charge on any atom is 0.251 e. The second-order valence-electron chi connectivity index (χ2n) is 8.51. The lowest BCUT2D eigenvalue weighted by Crippen LogP contribution is -2.34. The maximum atomic E-state index is 12.9. The average Bonchev–Trinajstić information content (AvgIpc) is 3.19. The number of carbonyl (C=O) groups is 2. The van der Waals surface area contributed by atoms with Crippen molar-refractivity contribution in [3.8, 4) is 0 Å². The number of allylic oxidation sites excluding steroid dienone is 1. The molecule has 0 radical (unpaired) electrons. The van der Waals surface area contributed by atoms with E-state index in [0.29, 0.717) is 23.1 Å². The third-order valence-corrected chi connectivity index (χ3v) is 6.20. The van der Waals surface area contributed by atoms with E-state index in [1.807, 2.05) is 74.7 Å². The number of nitrogens with zero attached hydrogens (tertiary/aromatic N) is 3. The Morgan fingerprint density at radius 2 is 1.82 bits per heavy atom. The van der Waals surface area contributed by atoms with E-state index in [9.17, 15) is 9.59 Å². The van der Waals surface area contributed by atoms with Gasteiger partial charge >= 0.3 is 0 Å². The van der Waals surface area contributed by atoms with Crippen LogP contribution < -0.4 is 10.6 Å². The number of aromatic nitrogens is 3. The van der Waals surface area contributed by atoms with E-state index >= 15 is 0 Å². The molecule has 0 spiro atoms. The fourth-order valence-corrected chi connectivity index (χ4v) is 4.20. The molecular formula is C26H31N5O2S. The quantitative estimate of drug-likeness (QED) is 0.319. The highest BCUT2D eigenvalue weighted by Gasteiger charge is 2.26. The summed E-state index contributed by atoms with van der Waals surface area (Å²) in [5.41, 5.74) is 3.50. The first kappa shape index (κ1) is 25.2. The number of anilines is 1. The molecule has 34 heavy (non-hydrogen) atoms. The number of hydrogen-bond donors (Lipinski definition) is 2. The van der Waals surface area contributed by atoms with Crippen molar-refractivity contribution in [3.05, 3.63) is 83.7 Å². The van der Waals surface area contributed by atoms with Gasteiger partial charge in [0.15, 0.2) is 11.0 Å². The van der Waals surface area contributed by atoms with Crippen LogP contribution in [-0.4, -0.2) is 32.3 Å². The van der Waals surface area contributed by atoms with Gasteiger partial charge in [0.2, 0.25) is 5.91 Å². The first-order valence-electron chi connectivity index (χ1n) is 11.2. The molecule has 0 aliphatic rings. The molecule has 8 heteroatoms. The summed E-state index contributed by atoms with van der Waals surface area (Å²) in [6.45, 7) is 12.3. The molecule has 0 fully saturated rings. The molecule has 1 atom stereocenters. The Bertz CT molecular complexity index is 1150. The van der Waals surface area contributed by atoms with Crippen LogP contribution >= 0.6 is 11.8 Å². The van der Waals surface area contributed by atoms with Gasteiger partial charge in [-0.2, -0.15) is 0 Å². The minimum atomic E-state index is -0.351. The van der Waals surface area contributed by atoms with Crippen molar-refractivity contribution in [1.29, 1.82) is 0 Å². The molecule has 178 valence electrons. The van der Waals surface area contributed by atoms with E-state index < -0.39 is 0 Å². The van der Waals surface area contributed by atoms with Gasteiger partial charge in [0, 0.05) is 17.8 Å². The van der Waals surface area contributed by atoms with Crippen molar-refractivity contribution in [3.63, 3.8) is 0 Å². The van der Waals surface area contributed by atoms with Crippen LogP contribution in [0, 0.1) is 19.8 Å². The second-order valence-corrected chi connectivity index (χ2v) is 9.45. The van der Waals surface area contributed by atoms with Crippen LogP contribution in [0.15, 0.2) is 66.3 Å². The number of thioether (sulfide) groups is 1. The normalized spacial score (nSPS) is 11.8. The fraction of sp³-hybridized carbons (Fsp3) is 0.308. The predicted molar refractivity (Wildman–Crippen MR) is 137 cm³/mol. The molecule has 2 aromatic carbocycles. The van der Waals surface area contributed by atoms with E-state index in [4.69, 9.17) is 0 Å².